The van der Waals surface area contributed by atoms with Crippen molar-refractivity contribution in [2.45, 2.75) is 25.7 Å². The number of hydrogen-bond acceptors (Lipinski definition) is 5. The van der Waals surface area contributed by atoms with Gasteiger partial charge in [0.15, 0.2) is 0 Å². The predicted molar refractivity (Wildman–Crippen MR) is 94.4 cm³/mol. The lowest BCUT2D eigenvalue weighted by atomic mass is 9.85. The van der Waals surface area contributed by atoms with Crippen LogP contribution in [0.2, 0.25) is 0 Å². The Morgan fingerprint density at radius 3 is 2.83 bits per heavy atom. The van der Waals surface area contributed by atoms with Crippen molar-refractivity contribution in [2.75, 3.05) is 25.1 Å². The van der Waals surface area contributed by atoms with Crippen molar-refractivity contribution < 1.29 is 9.53 Å². The van der Waals surface area contributed by atoms with E-state index in [1.54, 1.807) is 0 Å². The van der Waals surface area contributed by atoms with Gasteiger partial charge in [0.25, 0.3) is 0 Å². The van der Waals surface area contributed by atoms with Gasteiger partial charge in [-0.05, 0) is 25.8 Å². The minimum atomic E-state index is -0.253. The molecule has 1 saturated heterocycles. The Kier molecular flexibility index (Phi) is 5.11. The van der Waals surface area contributed by atoms with Gasteiger partial charge in [0.05, 0.1) is 6.61 Å². The van der Waals surface area contributed by atoms with E-state index in [0.717, 1.165) is 18.0 Å². The molecule has 1 aromatic carbocycles. The quantitative estimate of drug-likeness (QED) is 0.872. The van der Waals surface area contributed by atoms with Crippen LogP contribution in [-0.2, 0) is 10.2 Å². The van der Waals surface area contributed by atoms with E-state index in [0.29, 0.717) is 24.2 Å². The molecular formula is C17H22N4O2S. The van der Waals surface area contributed by atoms with Crippen molar-refractivity contribution in [3.8, 4) is 0 Å². The van der Waals surface area contributed by atoms with Gasteiger partial charge in [0, 0.05) is 24.5 Å². The third-order valence-electron chi connectivity index (χ3n) is 4.25. The number of aromatic nitrogens is 2. The van der Waals surface area contributed by atoms with Gasteiger partial charge in [-0.3, -0.25) is 5.32 Å². The molecule has 0 spiro atoms. The smallest absolute Gasteiger partial charge is 0.321 e. The standard InChI is InChI=1S/C17H22N4O2S/c1-17(2,13-6-4-3-5-7-13)14-20-21-16(24-14)19-15(22)18-10-12-8-9-23-11-12/h3-7,12H,8-11H2,1-2H3,(H2,18,19,21,22). The van der Waals surface area contributed by atoms with Crippen molar-refractivity contribution >= 4 is 22.5 Å². The highest BCUT2D eigenvalue weighted by atomic mass is 32.1. The van der Waals surface area contributed by atoms with Crippen molar-refractivity contribution in [2.24, 2.45) is 5.92 Å². The van der Waals surface area contributed by atoms with Crippen molar-refractivity contribution in [3.05, 3.63) is 40.9 Å². The number of hydrogen-bond donors (Lipinski definition) is 2. The van der Waals surface area contributed by atoms with Crippen LogP contribution < -0.4 is 10.6 Å². The molecule has 1 aromatic heterocycles. The average molecular weight is 346 g/mol. The van der Waals surface area contributed by atoms with E-state index < -0.39 is 0 Å². The number of ether oxygens (including phenoxy) is 1. The third kappa shape index (κ3) is 3.91. The molecule has 2 amide bonds. The number of nitrogens with one attached hydrogen (secondary N) is 2. The first-order valence-electron chi connectivity index (χ1n) is 8.08. The second-order valence-electron chi connectivity index (χ2n) is 6.47. The number of nitrogens with zero attached hydrogens (tertiary/aromatic N) is 2. The molecule has 0 saturated carbocycles. The summed E-state index contributed by atoms with van der Waals surface area (Å²) in [5.41, 5.74) is 0.912. The van der Waals surface area contributed by atoms with E-state index in [1.807, 2.05) is 18.2 Å². The van der Waals surface area contributed by atoms with Gasteiger partial charge in [0.1, 0.15) is 5.01 Å². The second-order valence-corrected chi connectivity index (χ2v) is 7.45. The number of urea groups is 1. The zero-order valence-corrected chi connectivity index (χ0v) is 14.7. The maximum Gasteiger partial charge on any atom is 0.321 e. The molecule has 2 aromatic rings. The van der Waals surface area contributed by atoms with E-state index in [-0.39, 0.29) is 11.4 Å². The van der Waals surface area contributed by atoms with Gasteiger partial charge >= 0.3 is 6.03 Å². The van der Waals surface area contributed by atoms with Gasteiger partial charge in [-0.1, -0.05) is 41.7 Å². The highest BCUT2D eigenvalue weighted by Crippen LogP contribution is 2.34. The fourth-order valence-electron chi connectivity index (χ4n) is 2.63. The molecule has 1 atom stereocenters. The van der Waals surface area contributed by atoms with E-state index in [4.69, 9.17) is 4.74 Å². The number of rotatable bonds is 5. The fraction of sp³-hybridized carbons (Fsp3) is 0.471. The molecule has 6 nitrogen and oxygen atoms in total. The summed E-state index contributed by atoms with van der Waals surface area (Å²) >= 11 is 1.40. The molecule has 24 heavy (non-hydrogen) atoms. The number of anilines is 1. The molecule has 7 heteroatoms. The Morgan fingerprint density at radius 1 is 1.33 bits per heavy atom. The molecule has 1 fully saturated rings. The summed E-state index contributed by atoms with van der Waals surface area (Å²) in [6.07, 6.45) is 0.995. The molecule has 0 aliphatic carbocycles. The van der Waals surface area contributed by atoms with Gasteiger partial charge in [-0.15, -0.1) is 10.2 Å². The molecule has 2 heterocycles. The second kappa shape index (κ2) is 7.27. The Balaban J connectivity index is 1.59. The first-order chi connectivity index (χ1) is 11.6. The number of carbonyl (C=O) groups is 1. The first-order valence-corrected chi connectivity index (χ1v) is 8.89. The van der Waals surface area contributed by atoms with E-state index >= 15 is 0 Å². The van der Waals surface area contributed by atoms with Crippen LogP contribution in [0.25, 0.3) is 0 Å². The minimum absolute atomic E-state index is 0.248. The van der Waals surface area contributed by atoms with Crippen LogP contribution in [0.15, 0.2) is 30.3 Å². The lowest BCUT2D eigenvalue weighted by Crippen LogP contribution is -2.33. The highest BCUT2D eigenvalue weighted by Gasteiger charge is 2.27. The lowest BCUT2D eigenvalue weighted by Gasteiger charge is -2.21. The largest absolute Gasteiger partial charge is 0.381 e. The molecule has 1 aliphatic heterocycles. The van der Waals surface area contributed by atoms with Crippen LogP contribution in [0.5, 0.6) is 0 Å². The van der Waals surface area contributed by atoms with Crippen LogP contribution in [0.4, 0.5) is 9.93 Å². The molecular weight excluding hydrogens is 324 g/mol. The minimum Gasteiger partial charge on any atom is -0.381 e. The number of benzene rings is 1. The molecule has 128 valence electrons. The molecule has 3 rings (SSSR count). The Bertz CT molecular complexity index is 681. The van der Waals surface area contributed by atoms with Gasteiger partial charge in [-0.25, -0.2) is 4.79 Å². The average Bonchev–Trinajstić information content (AvgIpc) is 3.26. The zero-order valence-electron chi connectivity index (χ0n) is 13.9. The van der Waals surface area contributed by atoms with E-state index in [2.05, 4.69) is 46.8 Å². The van der Waals surface area contributed by atoms with Crippen molar-refractivity contribution in [1.29, 1.82) is 0 Å². The summed E-state index contributed by atoms with van der Waals surface area (Å²) < 4.78 is 5.30. The highest BCUT2D eigenvalue weighted by molar-refractivity contribution is 7.15. The SMILES string of the molecule is CC(C)(c1ccccc1)c1nnc(NC(=O)NCC2CCOC2)s1. The fourth-order valence-corrected chi connectivity index (χ4v) is 3.49. The van der Waals surface area contributed by atoms with Crippen LogP contribution in [0.1, 0.15) is 30.8 Å². The van der Waals surface area contributed by atoms with Crippen LogP contribution in [0, 0.1) is 5.92 Å². The summed E-state index contributed by atoms with van der Waals surface area (Å²) in [6.45, 7) is 6.32. The maximum atomic E-state index is 12.0. The van der Waals surface area contributed by atoms with Crippen LogP contribution in [0.3, 0.4) is 0 Å². The van der Waals surface area contributed by atoms with Crippen LogP contribution in [-0.4, -0.2) is 36.0 Å². The Hall–Kier alpha value is -1.99. The number of carbonyl (C=O) groups excluding carboxylic acids is 1. The molecule has 0 radical (unpaired) electrons. The number of amides is 2. The maximum absolute atomic E-state index is 12.0. The third-order valence-corrected chi connectivity index (χ3v) is 5.41. The van der Waals surface area contributed by atoms with Gasteiger partial charge in [0.2, 0.25) is 5.13 Å². The normalized spacial score (nSPS) is 17.7. The summed E-state index contributed by atoms with van der Waals surface area (Å²) in [7, 11) is 0. The van der Waals surface area contributed by atoms with Crippen LogP contribution >= 0.6 is 11.3 Å². The summed E-state index contributed by atoms with van der Waals surface area (Å²) in [4.78, 5) is 12.0. The first kappa shape index (κ1) is 16.9. The summed E-state index contributed by atoms with van der Waals surface area (Å²) in [5, 5.41) is 15.4. The van der Waals surface area contributed by atoms with E-state index in [9.17, 15) is 4.79 Å². The monoisotopic (exact) mass is 346 g/mol. The molecule has 2 N–H and O–H groups in total. The molecule has 1 aliphatic rings. The molecule has 1 unspecified atom stereocenters. The van der Waals surface area contributed by atoms with E-state index in [1.165, 1.54) is 16.9 Å². The van der Waals surface area contributed by atoms with Gasteiger partial charge < -0.3 is 10.1 Å². The Labute approximate surface area is 145 Å². The lowest BCUT2D eigenvalue weighted by molar-refractivity contribution is 0.185. The zero-order chi connectivity index (χ0) is 17.0. The predicted octanol–water partition coefficient (Wildman–Crippen LogP) is 3.02. The van der Waals surface area contributed by atoms with Crippen molar-refractivity contribution in [3.63, 3.8) is 0 Å². The summed E-state index contributed by atoms with van der Waals surface area (Å²) in [5.74, 6) is 0.401. The molecule has 0 bridgehead atoms. The Morgan fingerprint density at radius 2 is 2.12 bits per heavy atom. The van der Waals surface area contributed by atoms with Crippen molar-refractivity contribution in [1.82, 2.24) is 15.5 Å². The van der Waals surface area contributed by atoms with Gasteiger partial charge in [-0.2, -0.15) is 0 Å². The summed E-state index contributed by atoms with van der Waals surface area (Å²) in [6, 6.07) is 9.92. The topological polar surface area (TPSA) is 76.1 Å².